The Bertz CT molecular complexity index is 243. The average Bonchev–Trinajstić information content (AvgIpc) is 1.80. The monoisotopic (exact) mass is 190 g/mol. The van der Waals surface area contributed by atoms with Gasteiger partial charge in [-0.3, -0.25) is 0 Å². The molecule has 0 unspecified atom stereocenters. The van der Waals surface area contributed by atoms with E-state index < -0.39 is 23.6 Å². The molecule has 0 amide bonds. The predicted octanol–water partition coefficient (Wildman–Crippen LogP) is 1.80. The molecule has 0 aliphatic rings. The minimum Gasteiger partial charge on any atom is -0.386 e. The first-order chi connectivity index (χ1) is 5.91. The van der Waals surface area contributed by atoms with Crippen molar-refractivity contribution in [1.82, 2.24) is 0 Å². The van der Waals surface area contributed by atoms with Gasteiger partial charge in [0.25, 0.3) is 0 Å². The molecule has 0 rings (SSSR count). The third kappa shape index (κ3) is 6.86. The van der Waals surface area contributed by atoms with Crippen LogP contribution in [0, 0.1) is 0 Å². The molecule has 0 heterocycles. The van der Waals surface area contributed by atoms with Crippen LogP contribution >= 0.6 is 0 Å². The summed E-state index contributed by atoms with van der Waals surface area (Å²) in [5, 5.41) is 0. The van der Waals surface area contributed by atoms with Gasteiger partial charge in [-0.1, -0.05) is 0 Å². The summed E-state index contributed by atoms with van der Waals surface area (Å²) in [4.78, 5) is 21.1. The lowest BCUT2D eigenvalue weighted by Crippen LogP contribution is -2.07. The summed E-state index contributed by atoms with van der Waals surface area (Å²) in [7, 11) is 0. The van der Waals surface area contributed by atoms with E-state index in [0.717, 1.165) is 13.8 Å². The van der Waals surface area contributed by atoms with Gasteiger partial charge >= 0.3 is 11.9 Å². The maximum absolute atomic E-state index is 12.0. The van der Waals surface area contributed by atoms with Crippen molar-refractivity contribution in [2.45, 2.75) is 13.8 Å². The number of ether oxygens (including phenoxy) is 1. The largest absolute Gasteiger partial charge is 0.386 e. The van der Waals surface area contributed by atoms with Crippen LogP contribution in [-0.2, 0) is 14.3 Å². The molecule has 0 aliphatic carbocycles. The van der Waals surface area contributed by atoms with E-state index in [1.165, 1.54) is 0 Å². The Morgan fingerprint density at radius 2 is 1.31 bits per heavy atom. The van der Waals surface area contributed by atoms with Crippen molar-refractivity contribution in [3.8, 4) is 0 Å². The number of halogens is 2. The second-order valence-corrected chi connectivity index (χ2v) is 2.20. The standard InChI is InChI=1S/C8H8F2O3/c1-5(9)3-7(11)13-8(12)4-6(2)10/h3-4H,1-2H3. The fraction of sp³-hybridized carbons (Fsp3) is 0.250. The molecule has 72 valence electrons. The van der Waals surface area contributed by atoms with Crippen LogP contribution in [0.2, 0.25) is 0 Å². The first kappa shape index (κ1) is 11.5. The average molecular weight is 190 g/mol. The van der Waals surface area contributed by atoms with Crippen LogP contribution in [0.4, 0.5) is 8.78 Å². The summed E-state index contributed by atoms with van der Waals surface area (Å²) < 4.78 is 28.0. The molecular formula is C8H8F2O3. The minimum atomic E-state index is -1.16. The molecule has 0 aromatic rings. The van der Waals surface area contributed by atoms with Gasteiger partial charge in [0.15, 0.2) is 0 Å². The highest BCUT2D eigenvalue weighted by atomic mass is 19.1. The molecule has 0 saturated heterocycles. The molecule has 0 spiro atoms. The number of hydrogen-bond donors (Lipinski definition) is 0. The third-order valence-corrected chi connectivity index (χ3v) is 0.835. The lowest BCUT2D eigenvalue weighted by molar-refractivity contribution is -0.152. The summed E-state index contributed by atoms with van der Waals surface area (Å²) >= 11 is 0. The van der Waals surface area contributed by atoms with Gasteiger partial charge in [0.05, 0.1) is 12.2 Å². The van der Waals surface area contributed by atoms with E-state index in [0.29, 0.717) is 12.2 Å². The summed E-state index contributed by atoms with van der Waals surface area (Å²) in [5.41, 5.74) is 0. The first-order valence-electron chi connectivity index (χ1n) is 3.35. The van der Waals surface area contributed by atoms with Crippen LogP contribution in [0.3, 0.4) is 0 Å². The Labute approximate surface area is 73.7 Å². The van der Waals surface area contributed by atoms with Crippen LogP contribution in [-0.4, -0.2) is 11.9 Å². The second kappa shape index (κ2) is 5.18. The van der Waals surface area contributed by atoms with Gasteiger partial charge in [0.1, 0.15) is 11.7 Å². The highest BCUT2D eigenvalue weighted by Crippen LogP contribution is 1.97. The number of rotatable bonds is 2. The molecule has 5 heteroatoms. The molecule has 0 saturated carbocycles. The molecule has 0 aromatic carbocycles. The lowest BCUT2D eigenvalue weighted by Gasteiger charge is -1.93. The van der Waals surface area contributed by atoms with E-state index in [-0.39, 0.29) is 0 Å². The van der Waals surface area contributed by atoms with Crippen LogP contribution in [0.15, 0.2) is 23.8 Å². The summed E-state index contributed by atoms with van der Waals surface area (Å²) in [6.45, 7) is 2.03. The Morgan fingerprint density at radius 1 is 1.00 bits per heavy atom. The smallest absolute Gasteiger partial charge is 0.341 e. The molecule has 0 aliphatic heterocycles. The van der Waals surface area contributed by atoms with E-state index >= 15 is 0 Å². The zero-order valence-corrected chi connectivity index (χ0v) is 7.14. The minimum absolute atomic E-state index is 0.485. The Morgan fingerprint density at radius 3 is 1.54 bits per heavy atom. The quantitative estimate of drug-likeness (QED) is 0.379. The number of esters is 2. The van der Waals surface area contributed by atoms with Crippen molar-refractivity contribution in [2.24, 2.45) is 0 Å². The highest BCUT2D eigenvalue weighted by molar-refractivity contribution is 5.96. The molecule has 0 bridgehead atoms. The van der Waals surface area contributed by atoms with Gasteiger partial charge in [0.2, 0.25) is 0 Å². The second-order valence-electron chi connectivity index (χ2n) is 2.20. The van der Waals surface area contributed by atoms with E-state index in [4.69, 9.17) is 0 Å². The van der Waals surface area contributed by atoms with Crippen molar-refractivity contribution >= 4 is 11.9 Å². The Kier molecular flexibility index (Phi) is 4.58. The van der Waals surface area contributed by atoms with Crippen molar-refractivity contribution in [3.05, 3.63) is 23.8 Å². The number of hydrogen-bond acceptors (Lipinski definition) is 3. The molecule has 0 fully saturated rings. The zero-order valence-electron chi connectivity index (χ0n) is 7.14. The molecule has 0 atom stereocenters. The lowest BCUT2D eigenvalue weighted by atomic mass is 10.5. The van der Waals surface area contributed by atoms with Gasteiger partial charge in [-0.25, -0.2) is 18.4 Å². The normalized spacial score (nSPS) is 12.6. The first-order valence-corrected chi connectivity index (χ1v) is 3.35. The molecular weight excluding hydrogens is 182 g/mol. The van der Waals surface area contributed by atoms with E-state index in [2.05, 4.69) is 4.74 Å². The van der Waals surface area contributed by atoms with Crippen molar-refractivity contribution < 1.29 is 23.1 Å². The number of allylic oxidation sites excluding steroid dienone is 2. The maximum atomic E-state index is 12.0. The number of carbonyl (C=O) groups is 2. The van der Waals surface area contributed by atoms with Gasteiger partial charge in [0, 0.05) is 0 Å². The SMILES string of the molecule is CC(F)=CC(=O)OC(=O)C=C(C)F. The number of carbonyl (C=O) groups excluding carboxylic acids is 2. The van der Waals surface area contributed by atoms with Gasteiger partial charge in [-0.2, -0.15) is 0 Å². The topological polar surface area (TPSA) is 43.4 Å². The Balaban J connectivity index is 4.16. The van der Waals surface area contributed by atoms with Crippen molar-refractivity contribution in [1.29, 1.82) is 0 Å². The van der Waals surface area contributed by atoms with Crippen LogP contribution in [0.25, 0.3) is 0 Å². The maximum Gasteiger partial charge on any atom is 0.341 e. The molecule has 0 N–H and O–H groups in total. The van der Waals surface area contributed by atoms with Crippen LogP contribution < -0.4 is 0 Å². The van der Waals surface area contributed by atoms with Crippen LogP contribution in [0.1, 0.15) is 13.8 Å². The highest BCUT2D eigenvalue weighted by Gasteiger charge is 2.05. The van der Waals surface area contributed by atoms with E-state index in [1.54, 1.807) is 0 Å². The van der Waals surface area contributed by atoms with Gasteiger partial charge in [-0.15, -0.1) is 0 Å². The molecule has 13 heavy (non-hydrogen) atoms. The fourth-order valence-electron chi connectivity index (χ4n) is 0.483. The zero-order chi connectivity index (χ0) is 10.4. The molecule has 3 nitrogen and oxygen atoms in total. The predicted molar refractivity (Wildman–Crippen MR) is 40.8 cm³/mol. The van der Waals surface area contributed by atoms with Gasteiger partial charge < -0.3 is 4.74 Å². The van der Waals surface area contributed by atoms with E-state index in [9.17, 15) is 18.4 Å². The van der Waals surface area contributed by atoms with Crippen molar-refractivity contribution in [2.75, 3.05) is 0 Å². The van der Waals surface area contributed by atoms with E-state index in [1.807, 2.05) is 0 Å². The Hall–Kier alpha value is -1.52. The fourth-order valence-corrected chi connectivity index (χ4v) is 0.483. The van der Waals surface area contributed by atoms with Crippen LogP contribution in [0.5, 0.6) is 0 Å². The third-order valence-electron chi connectivity index (χ3n) is 0.835. The molecule has 0 aromatic heterocycles. The van der Waals surface area contributed by atoms with Crippen molar-refractivity contribution in [3.63, 3.8) is 0 Å². The summed E-state index contributed by atoms with van der Waals surface area (Å²) in [6.07, 6.45) is 0.971. The molecule has 0 radical (unpaired) electrons. The van der Waals surface area contributed by atoms with Gasteiger partial charge in [-0.05, 0) is 13.8 Å². The summed E-state index contributed by atoms with van der Waals surface area (Å²) in [6, 6.07) is 0. The summed E-state index contributed by atoms with van der Waals surface area (Å²) in [5.74, 6) is -3.91.